The fourth-order valence-electron chi connectivity index (χ4n) is 13.6. The van der Waals surface area contributed by atoms with Crippen LogP contribution >= 0.6 is 23.2 Å². The van der Waals surface area contributed by atoms with E-state index in [0.717, 1.165) is 46.5 Å². The molecule has 9 rings (SSSR count). The number of esters is 1. The Kier molecular flexibility index (Phi) is 13.5. The maximum Gasteiger partial charge on any atom is 0.340 e. The van der Waals surface area contributed by atoms with Crippen molar-refractivity contribution in [3.05, 3.63) is 75.8 Å². The van der Waals surface area contributed by atoms with Crippen LogP contribution in [0.25, 0.3) is 10.9 Å². The van der Waals surface area contributed by atoms with E-state index < -0.39 is 57.5 Å². The number of fused-ring (bicyclic) bond motifs is 6. The lowest BCUT2D eigenvalue weighted by Crippen LogP contribution is -2.81. The number of nitrogens with zero attached hydrogens (tertiary/aromatic N) is 5. The molecule has 5 aliphatic heterocycles. The van der Waals surface area contributed by atoms with Crippen molar-refractivity contribution >= 4 is 57.7 Å². The Labute approximate surface area is 400 Å². The molecule has 2 aromatic carbocycles. The maximum atomic E-state index is 15.2. The zero-order valence-corrected chi connectivity index (χ0v) is 40.4. The summed E-state index contributed by atoms with van der Waals surface area (Å²) < 4.78 is 12.2. The summed E-state index contributed by atoms with van der Waals surface area (Å²) in [5.41, 5.74) is 4.72. The number of nitroso groups, excluding NO2 is 1. The number of nitrogens with one attached hydrogen (secondary N) is 2. The van der Waals surface area contributed by atoms with Gasteiger partial charge in [0.1, 0.15) is 17.3 Å². The molecule has 1 saturated carbocycles. The smallest absolute Gasteiger partial charge is 0.340 e. The topological polar surface area (TPSA) is 227 Å². The minimum absolute atomic E-state index is 0.0790. The molecule has 364 valence electrons. The first-order valence-corrected chi connectivity index (χ1v) is 24.3. The van der Waals surface area contributed by atoms with E-state index in [1.165, 1.54) is 7.11 Å². The fraction of sp³-hybridized carbons (Fsp3) is 0.604. The molecule has 3 fully saturated rings. The number of urea groups is 1. The second kappa shape index (κ2) is 18.4. The largest absolute Gasteiger partial charge is 0.496 e. The lowest BCUT2D eigenvalue weighted by atomic mass is 9.47. The highest BCUT2D eigenvalue weighted by Crippen LogP contribution is 2.67. The highest BCUT2D eigenvalue weighted by molar-refractivity contribution is 6.18. The Bertz CT molecular complexity index is 2440. The molecular formula is C48H64Cl2N8O9. The number of aromatic nitrogens is 1. The molecule has 17 nitrogen and oxygen atoms in total. The van der Waals surface area contributed by atoms with Crippen molar-refractivity contribution < 1.29 is 39.2 Å². The number of para-hydroxylation sites is 1. The number of aromatic amines is 1. The first kappa shape index (κ1) is 48.9. The summed E-state index contributed by atoms with van der Waals surface area (Å²) in [7, 11) is 4.89. The minimum atomic E-state index is -2.30. The van der Waals surface area contributed by atoms with Gasteiger partial charge in [-0.05, 0) is 74.2 Å². The van der Waals surface area contributed by atoms with Gasteiger partial charge in [-0.1, -0.05) is 44.2 Å². The Morgan fingerprint density at radius 2 is 1.81 bits per heavy atom. The number of benzene rings is 2. The van der Waals surface area contributed by atoms with E-state index in [2.05, 4.69) is 37.5 Å². The van der Waals surface area contributed by atoms with Gasteiger partial charge in [-0.3, -0.25) is 19.4 Å². The summed E-state index contributed by atoms with van der Waals surface area (Å²) in [6, 6.07) is 10.4. The number of alkyl halides is 2. The fourth-order valence-corrected chi connectivity index (χ4v) is 13.8. The third-order valence-corrected chi connectivity index (χ3v) is 16.6. The first-order valence-electron chi connectivity index (χ1n) is 23.3. The Morgan fingerprint density at radius 3 is 2.46 bits per heavy atom. The zero-order chi connectivity index (χ0) is 48.3. The normalized spacial score (nSPS) is 33.6. The van der Waals surface area contributed by atoms with Crippen molar-refractivity contribution in [1.29, 1.82) is 0 Å². The van der Waals surface area contributed by atoms with Crippen LogP contribution in [0.5, 0.6) is 5.75 Å². The number of primary amides is 1. The van der Waals surface area contributed by atoms with E-state index >= 15 is 4.79 Å². The lowest BCUT2D eigenvalue weighted by molar-refractivity contribution is -0.201. The number of carbonyl (C=O) groups excluding carboxylic acids is 3. The number of ether oxygens (including phenoxy) is 2. The van der Waals surface area contributed by atoms with Gasteiger partial charge in [0.15, 0.2) is 5.60 Å². The van der Waals surface area contributed by atoms with Gasteiger partial charge < -0.3 is 45.7 Å². The van der Waals surface area contributed by atoms with Crippen LogP contribution in [0.4, 0.5) is 10.5 Å². The molecule has 67 heavy (non-hydrogen) atoms. The van der Waals surface area contributed by atoms with Crippen LogP contribution in [0.15, 0.2) is 53.8 Å². The molecule has 0 radical (unpaired) electrons. The number of hydrogen-bond acceptors (Lipinski definition) is 13. The standard InChI is InChI=1S/C43H55N5O7.C5H9Cl2N3O2/c1-6-39(52)21-25-22-42(38(51)55-5,33-27(13-17-47(23-25)24-39)26-11-8-9-12-30(26)45-33)29-19-28-31(20-32(29)54-4)46(3)35-41(28)15-18-48-16-10-14-40(7-2,34(41)48)36(49)43(35,53)37(44)50;6-1-3-8-5(11)10(9-12)4-2-7/h8-12,14,19-20,25,34-36,45,49,52-53H,6-7,13,15-18,21-24H2,1-5H3,(H2,44,50);1-4H2,(H,8,11)/t25-,34+,35-,36-,39+,40-,41-,42+,43+;/m1./s1. The monoisotopic (exact) mass is 966 g/mol. The summed E-state index contributed by atoms with van der Waals surface area (Å²) in [4.78, 5) is 60.2. The van der Waals surface area contributed by atoms with Crippen LogP contribution in [-0.2, 0) is 31.6 Å². The second-order valence-electron chi connectivity index (χ2n) is 19.3. The lowest BCUT2D eigenvalue weighted by Gasteiger charge is -2.63. The van der Waals surface area contributed by atoms with Crippen molar-refractivity contribution in [2.45, 2.75) is 92.6 Å². The first-order chi connectivity index (χ1) is 32.0. The quantitative estimate of drug-likeness (QED) is 0.0530. The average molecular weight is 968 g/mol. The number of hydrogen-bond donors (Lipinski definition) is 6. The number of aliphatic hydroxyl groups excluding tert-OH is 1. The van der Waals surface area contributed by atoms with E-state index in [-0.39, 0.29) is 24.4 Å². The molecule has 3 aromatic rings. The minimum Gasteiger partial charge on any atom is -0.496 e. The van der Waals surface area contributed by atoms with Crippen molar-refractivity contribution in [2.24, 2.45) is 22.4 Å². The number of anilines is 1. The molecule has 10 atom stereocenters. The molecule has 19 heteroatoms. The van der Waals surface area contributed by atoms with Crippen molar-refractivity contribution in [3.63, 3.8) is 0 Å². The second-order valence-corrected chi connectivity index (χ2v) is 20.1. The summed E-state index contributed by atoms with van der Waals surface area (Å²) in [5.74, 6) is -0.543. The van der Waals surface area contributed by atoms with E-state index in [0.29, 0.717) is 86.9 Å². The molecule has 1 aliphatic carbocycles. The van der Waals surface area contributed by atoms with Gasteiger partial charge in [0.05, 0.1) is 37.7 Å². The molecule has 2 saturated heterocycles. The number of nitrogens with two attached hydrogens (primary N) is 1. The number of likely N-dealkylation sites (N-methyl/N-ethyl adjacent to an activating group) is 1. The van der Waals surface area contributed by atoms with E-state index in [9.17, 15) is 29.8 Å². The highest BCUT2D eigenvalue weighted by atomic mass is 35.5. The average Bonchev–Trinajstić information content (AvgIpc) is 3.99. The molecule has 6 aliphatic rings. The summed E-state index contributed by atoms with van der Waals surface area (Å²) in [6.07, 6.45) is 5.78. The molecule has 3 amide bonds. The predicted molar refractivity (Wildman–Crippen MR) is 255 cm³/mol. The number of aliphatic hydroxyl groups is 3. The van der Waals surface area contributed by atoms with Gasteiger partial charge in [0, 0.05) is 102 Å². The van der Waals surface area contributed by atoms with Crippen LogP contribution in [0.3, 0.4) is 0 Å². The molecule has 1 spiro atoms. The number of amides is 3. The number of piperidine rings is 1. The summed E-state index contributed by atoms with van der Waals surface area (Å²) in [5, 5.41) is 43.5. The van der Waals surface area contributed by atoms with Gasteiger partial charge in [0.25, 0.3) is 5.91 Å². The summed E-state index contributed by atoms with van der Waals surface area (Å²) >= 11 is 10.6. The number of H-pyrrole nitrogens is 1. The Morgan fingerprint density at radius 1 is 1.04 bits per heavy atom. The van der Waals surface area contributed by atoms with E-state index in [4.69, 9.17) is 38.4 Å². The number of rotatable bonds is 11. The van der Waals surface area contributed by atoms with E-state index in [1.54, 1.807) is 7.11 Å². The Hall–Kier alpha value is -4.49. The molecule has 2 bridgehead atoms. The third-order valence-electron chi connectivity index (χ3n) is 16.2. The SMILES string of the molecule is CC[C@]1(O)C[C@H]2C[N@](CCc3c([nH]c4ccccc34)[C@@](C(=O)OC)(c3cc4c(cc3OC)N(C)[C@H]3[C@@](O)(C(N)=O)[C@H](O)[C@]5(CC)C=CCN6CC[C@]43[C@@H]65)C2)C1.O=NN(CCCl)C(=O)NCCCl. The predicted octanol–water partition coefficient (Wildman–Crippen LogP) is 3.89. The number of halogens is 2. The van der Waals surface area contributed by atoms with Crippen LogP contribution in [0.2, 0.25) is 0 Å². The summed E-state index contributed by atoms with van der Waals surface area (Å²) in [6.45, 7) is 7.79. The van der Waals surface area contributed by atoms with Crippen LogP contribution in [0.1, 0.15) is 68.3 Å². The van der Waals surface area contributed by atoms with Crippen LogP contribution < -0.4 is 20.7 Å². The number of methoxy groups -OCH3 is 2. The third kappa shape index (κ3) is 7.32. The van der Waals surface area contributed by atoms with Crippen LogP contribution in [0, 0.1) is 16.2 Å². The molecular weight excluding hydrogens is 903 g/mol. The highest BCUT2D eigenvalue weighted by Gasteiger charge is 2.78. The van der Waals surface area contributed by atoms with Crippen LogP contribution in [-0.4, -0.2) is 161 Å². The molecule has 7 N–H and O–H groups in total. The van der Waals surface area contributed by atoms with Gasteiger partial charge in [-0.2, -0.15) is 5.01 Å². The molecule has 6 heterocycles. The number of carbonyl (C=O) groups is 3. The maximum absolute atomic E-state index is 15.2. The van der Waals surface area contributed by atoms with Gasteiger partial charge in [-0.25, -0.2) is 4.79 Å². The Balaban J connectivity index is 0.000000448. The van der Waals surface area contributed by atoms with E-state index in [1.807, 2.05) is 62.2 Å². The van der Waals surface area contributed by atoms with Crippen molar-refractivity contribution in [3.8, 4) is 5.75 Å². The van der Waals surface area contributed by atoms with Crippen molar-refractivity contribution in [2.75, 3.05) is 83.7 Å². The zero-order valence-electron chi connectivity index (χ0n) is 38.9. The van der Waals surface area contributed by atoms with Gasteiger partial charge in [0.2, 0.25) is 0 Å². The van der Waals surface area contributed by atoms with Gasteiger partial charge >= 0.3 is 12.0 Å². The molecule has 0 unspecified atom stereocenters. The van der Waals surface area contributed by atoms with Crippen molar-refractivity contribution in [1.82, 2.24) is 25.1 Å². The van der Waals surface area contributed by atoms with Gasteiger partial charge in [-0.15, -0.1) is 28.1 Å². The molecule has 1 aromatic heterocycles.